The van der Waals surface area contributed by atoms with Gasteiger partial charge in [-0.1, -0.05) is 6.92 Å². The minimum Gasteiger partial charge on any atom is -0.463 e. The Hall–Kier alpha value is -0.990. The van der Waals surface area contributed by atoms with Crippen LogP contribution in [-0.2, 0) is 9.53 Å². The molecule has 3 nitrogen and oxygen atoms in total. The summed E-state index contributed by atoms with van der Waals surface area (Å²) >= 11 is 0. The molecule has 70 valence electrons. The second-order valence-corrected chi connectivity index (χ2v) is 2.64. The van der Waals surface area contributed by atoms with Gasteiger partial charge in [-0.15, -0.1) is 0 Å². The van der Waals surface area contributed by atoms with Crippen LogP contribution in [-0.4, -0.2) is 31.6 Å². The van der Waals surface area contributed by atoms with Crippen molar-refractivity contribution < 1.29 is 9.53 Å². The van der Waals surface area contributed by atoms with Crippen molar-refractivity contribution in [2.75, 3.05) is 20.7 Å². The van der Waals surface area contributed by atoms with E-state index in [2.05, 4.69) is 0 Å². The third kappa shape index (κ3) is 4.01. The van der Waals surface area contributed by atoms with Gasteiger partial charge >= 0.3 is 5.97 Å². The topological polar surface area (TPSA) is 29.5 Å². The van der Waals surface area contributed by atoms with Crippen LogP contribution in [0.5, 0.6) is 0 Å². The Morgan fingerprint density at radius 3 is 2.33 bits per heavy atom. The number of carbonyl (C=O) groups is 1. The van der Waals surface area contributed by atoms with Crippen LogP contribution in [0.4, 0.5) is 0 Å². The summed E-state index contributed by atoms with van der Waals surface area (Å²) in [4.78, 5) is 12.9. The van der Waals surface area contributed by atoms with Crippen molar-refractivity contribution in [2.45, 2.75) is 20.3 Å². The van der Waals surface area contributed by atoms with Crippen molar-refractivity contribution >= 4 is 5.97 Å². The number of rotatable bonds is 4. The van der Waals surface area contributed by atoms with Gasteiger partial charge in [-0.3, -0.25) is 0 Å². The smallest absolute Gasteiger partial charge is 0.332 e. The number of ether oxygens (including phenoxy) is 1. The monoisotopic (exact) mass is 171 g/mol. The first-order chi connectivity index (χ1) is 5.61. The largest absolute Gasteiger partial charge is 0.463 e. The first-order valence-electron chi connectivity index (χ1n) is 4.16. The normalized spacial score (nSPS) is 11.2. The summed E-state index contributed by atoms with van der Waals surface area (Å²) in [6.07, 6.45) is 2.37. The predicted octanol–water partition coefficient (Wildman–Crippen LogP) is 1.41. The van der Waals surface area contributed by atoms with E-state index in [0.29, 0.717) is 6.61 Å². The minimum absolute atomic E-state index is 0.261. The molecule has 0 N–H and O–H groups in total. The number of allylic oxidation sites excluding steroid dienone is 1. The summed E-state index contributed by atoms with van der Waals surface area (Å²) in [7, 11) is 3.82. The highest BCUT2D eigenvalue weighted by Gasteiger charge is 2.01. The second-order valence-electron chi connectivity index (χ2n) is 2.64. The van der Waals surface area contributed by atoms with E-state index in [4.69, 9.17) is 4.74 Å². The Kier molecular flexibility index (Phi) is 5.17. The van der Waals surface area contributed by atoms with E-state index in [9.17, 15) is 4.79 Å². The van der Waals surface area contributed by atoms with Crippen LogP contribution in [0.25, 0.3) is 0 Å². The predicted molar refractivity (Wildman–Crippen MR) is 48.7 cm³/mol. The quantitative estimate of drug-likeness (QED) is 0.473. The first-order valence-corrected chi connectivity index (χ1v) is 4.16. The highest BCUT2D eigenvalue weighted by atomic mass is 16.5. The van der Waals surface area contributed by atoms with E-state index < -0.39 is 0 Å². The van der Waals surface area contributed by atoms with Crippen LogP contribution in [0.1, 0.15) is 20.3 Å². The van der Waals surface area contributed by atoms with E-state index >= 15 is 0 Å². The molecule has 0 amide bonds. The highest BCUT2D eigenvalue weighted by Crippen LogP contribution is 2.03. The molecular weight excluding hydrogens is 154 g/mol. The Bertz CT molecular complexity index is 173. The van der Waals surface area contributed by atoms with E-state index in [1.54, 1.807) is 6.92 Å². The Morgan fingerprint density at radius 1 is 1.42 bits per heavy atom. The zero-order chi connectivity index (χ0) is 9.56. The molecule has 0 aromatic heterocycles. The Balaban J connectivity index is 4.18. The number of nitrogens with zero attached hydrogens (tertiary/aromatic N) is 1. The van der Waals surface area contributed by atoms with Gasteiger partial charge in [0.25, 0.3) is 0 Å². The molecule has 0 fully saturated rings. The molecule has 0 rings (SSSR count). The fourth-order valence-corrected chi connectivity index (χ4v) is 0.867. The molecule has 0 bridgehead atoms. The Labute approximate surface area is 74.0 Å². The molecule has 3 heteroatoms. The summed E-state index contributed by atoms with van der Waals surface area (Å²) in [6.45, 7) is 4.23. The zero-order valence-electron chi connectivity index (χ0n) is 8.26. The van der Waals surface area contributed by atoms with Gasteiger partial charge in [0, 0.05) is 25.9 Å². The number of hydrogen-bond acceptors (Lipinski definition) is 3. The van der Waals surface area contributed by atoms with Crippen LogP contribution in [0.15, 0.2) is 11.8 Å². The maximum Gasteiger partial charge on any atom is 0.332 e. The summed E-state index contributed by atoms with van der Waals surface area (Å²) in [6, 6.07) is 0. The molecule has 0 saturated carbocycles. The molecule has 0 aromatic carbocycles. The molecule has 0 radical (unpaired) electrons. The summed E-state index contributed by atoms with van der Waals surface area (Å²) in [5.41, 5.74) is 0.980. The lowest BCUT2D eigenvalue weighted by Crippen LogP contribution is -2.13. The lowest BCUT2D eigenvalue weighted by molar-refractivity contribution is -0.137. The average Bonchev–Trinajstić information content (AvgIpc) is 2.00. The van der Waals surface area contributed by atoms with Gasteiger partial charge in [0.05, 0.1) is 6.61 Å². The standard InChI is InChI=1S/C9H17NO2/c1-5-8(10(3)4)7-9(11)12-6-2/h7H,5-6H2,1-4H3/b8-7-. The highest BCUT2D eigenvalue weighted by molar-refractivity contribution is 5.82. The van der Waals surface area contributed by atoms with Crippen molar-refractivity contribution in [1.29, 1.82) is 0 Å². The van der Waals surface area contributed by atoms with E-state index in [0.717, 1.165) is 12.1 Å². The third-order valence-corrected chi connectivity index (χ3v) is 1.51. The maximum atomic E-state index is 11.0. The van der Waals surface area contributed by atoms with Crippen LogP contribution < -0.4 is 0 Å². The SMILES string of the molecule is CCOC(=O)/C=C(/CC)N(C)C. The number of carbonyl (C=O) groups excluding carboxylic acids is 1. The van der Waals surface area contributed by atoms with E-state index in [1.165, 1.54) is 6.08 Å². The molecule has 0 atom stereocenters. The molecule has 0 spiro atoms. The van der Waals surface area contributed by atoms with Crippen LogP contribution in [0, 0.1) is 0 Å². The fourth-order valence-electron chi connectivity index (χ4n) is 0.867. The van der Waals surface area contributed by atoms with Crippen molar-refractivity contribution in [2.24, 2.45) is 0 Å². The fraction of sp³-hybridized carbons (Fsp3) is 0.667. The lowest BCUT2D eigenvalue weighted by atomic mass is 10.3. The number of hydrogen-bond donors (Lipinski definition) is 0. The van der Waals surface area contributed by atoms with E-state index in [1.807, 2.05) is 25.9 Å². The van der Waals surface area contributed by atoms with Gasteiger partial charge in [0.2, 0.25) is 0 Å². The van der Waals surface area contributed by atoms with Gasteiger partial charge in [-0.05, 0) is 13.3 Å². The molecule has 0 heterocycles. The zero-order valence-corrected chi connectivity index (χ0v) is 8.26. The van der Waals surface area contributed by atoms with Crippen molar-refractivity contribution in [3.8, 4) is 0 Å². The van der Waals surface area contributed by atoms with Gasteiger partial charge in [-0.2, -0.15) is 0 Å². The summed E-state index contributed by atoms with van der Waals surface area (Å²) < 4.78 is 4.78. The van der Waals surface area contributed by atoms with Gasteiger partial charge in [0.15, 0.2) is 0 Å². The third-order valence-electron chi connectivity index (χ3n) is 1.51. The molecule has 0 aliphatic rings. The molecular formula is C9H17NO2. The van der Waals surface area contributed by atoms with Gasteiger partial charge < -0.3 is 9.64 Å². The second kappa shape index (κ2) is 5.63. The van der Waals surface area contributed by atoms with Crippen LogP contribution in [0.2, 0.25) is 0 Å². The number of esters is 1. The molecule has 12 heavy (non-hydrogen) atoms. The summed E-state index contributed by atoms with van der Waals surface area (Å²) in [5.74, 6) is -0.261. The van der Waals surface area contributed by atoms with Crippen molar-refractivity contribution in [1.82, 2.24) is 4.90 Å². The first kappa shape index (κ1) is 11.0. The van der Waals surface area contributed by atoms with Crippen molar-refractivity contribution in [3.05, 3.63) is 11.8 Å². The van der Waals surface area contributed by atoms with Gasteiger partial charge in [0.1, 0.15) is 0 Å². The molecule has 0 unspecified atom stereocenters. The van der Waals surface area contributed by atoms with Crippen LogP contribution in [0.3, 0.4) is 0 Å². The lowest BCUT2D eigenvalue weighted by Gasteiger charge is -2.14. The van der Waals surface area contributed by atoms with Crippen LogP contribution >= 0.6 is 0 Å². The molecule has 0 aromatic rings. The molecule has 0 aliphatic carbocycles. The van der Waals surface area contributed by atoms with Gasteiger partial charge in [-0.25, -0.2) is 4.79 Å². The average molecular weight is 171 g/mol. The Morgan fingerprint density at radius 2 is 2.00 bits per heavy atom. The molecule has 0 saturated heterocycles. The summed E-state index contributed by atoms with van der Waals surface area (Å²) in [5, 5.41) is 0. The minimum atomic E-state index is -0.261. The molecule has 0 aliphatic heterocycles. The van der Waals surface area contributed by atoms with Crippen molar-refractivity contribution in [3.63, 3.8) is 0 Å². The van der Waals surface area contributed by atoms with E-state index in [-0.39, 0.29) is 5.97 Å². The maximum absolute atomic E-state index is 11.0.